The van der Waals surface area contributed by atoms with E-state index in [0.29, 0.717) is 26.1 Å². The molecular weight excluding hydrogens is 353 g/mol. The highest BCUT2D eigenvalue weighted by atomic mass is 19.4. The van der Waals surface area contributed by atoms with Crippen molar-refractivity contribution < 1.29 is 37.0 Å². The summed E-state index contributed by atoms with van der Waals surface area (Å²) in [6.07, 6.45) is -5.60. The third kappa shape index (κ3) is 8.33. The van der Waals surface area contributed by atoms with Crippen molar-refractivity contribution >= 4 is 11.9 Å². The van der Waals surface area contributed by atoms with E-state index in [2.05, 4.69) is 4.74 Å². The number of ether oxygens (including phenoxy) is 3. The molecule has 8 heteroatoms. The van der Waals surface area contributed by atoms with Gasteiger partial charge in [0.1, 0.15) is 5.75 Å². The van der Waals surface area contributed by atoms with Gasteiger partial charge in [0.2, 0.25) is 0 Å². The van der Waals surface area contributed by atoms with E-state index < -0.39 is 24.2 Å². The fourth-order valence-corrected chi connectivity index (χ4v) is 2.17. The summed E-state index contributed by atoms with van der Waals surface area (Å²) in [5.74, 6) is -1.42. The summed E-state index contributed by atoms with van der Waals surface area (Å²) in [4.78, 5) is 22.8. The molecule has 1 atom stereocenters. The Balaban J connectivity index is 2.58. The second kappa shape index (κ2) is 10.8. The molecule has 0 radical (unpaired) electrons. The summed E-state index contributed by atoms with van der Waals surface area (Å²) in [5, 5.41) is 0. The molecule has 26 heavy (non-hydrogen) atoms. The average Bonchev–Trinajstić information content (AvgIpc) is 2.56. The maximum Gasteiger partial charge on any atom is 0.425 e. The van der Waals surface area contributed by atoms with Gasteiger partial charge >= 0.3 is 18.1 Å². The van der Waals surface area contributed by atoms with Gasteiger partial charge in [-0.05, 0) is 50.5 Å². The normalized spacial score (nSPS) is 12.5. The highest BCUT2D eigenvalue weighted by molar-refractivity contribution is 5.89. The molecule has 0 aromatic heterocycles. The molecule has 1 aromatic carbocycles. The second-order valence-electron chi connectivity index (χ2n) is 5.60. The van der Waals surface area contributed by atoms with Crippen LogP contribution in [0.3, 0.4) is 0 Å². The summed E-state index contributed by atoms with van der Waals surface area (Å²) in [6, 6.07) is 5.12. The van der Waals surface area contributed by atoms with Crippen molar-refractivity contribution in [3.05, 3.63) is 29.8 Å². The molecule has 0 amide bonds. The van der Waals surface area contributed by atoms with Gasteiger partial charge in [0.25, 0.3) is 0 Å². The van der Waals surface area contributed by atoms with Gasteiger partial charge in [-0.25, -0.2) is 4.79 Å². The number of rotatable bonds is 10. The molecule has 0 fully saturated rings. The Hall–Kier alpha value is -2.09. The summed E-state index contributed by atoms with van der Waals surface area (Å²) in [7, 11) is 0. The maximum atomic E-state index is 13.1. The minimum atomic E-state index is -4.63. The molecule has 1 rings (SSSR count). The standard InChI is InChI=1S/C18H23F3O5/c1-3-24-12-6-4-5-7-16(18(19,20)21)26-17(23)14-8-10-15(11-9-14)25-13(2)22/h8-11,16H,3-7,12H2,1-2H3. The van der Waals surface area contributed by atoms with Gasteiger partial charge in [-0.2, -0.15) is 13.2 Å². The molecule has 0 spiro atoms. The first-order valence-electron chi connectivity index (χ1n) is 8.38. The molecule has 5 nitrogen and oxygen atoms in total. The van der Waals surface area contributed by atoms with Crippen LogP contribution in [0.4, 0.5) is 13.2 Å². The zero-order valence-electron chi connectivity index (χ0n) is 14.8. The van der Waals surface area contributed by atoms with Gasteiger partial charge in [0.05, 0.1) is 5.56 Å². The van der Waals surface area contributed by atoms with Gasteiger partial charge in [-0.15, -0.1) is 0 Å². The minimum absolute atomic E-state index is 0.0495. The van der Waals surface area contributed by atoms with Gasteiger partial charge < -0.3 is 14.2 Å². The average molecular weight is 376 g/mol. The van der Waals surface area contributed by atoms with E-state index in [9.17, 15) is 22.8 Å². The number of hydrogen-bond acceptors (Lipinski definition) is 5. The van der Waals surface area contributed by atoms with E-state index >= 15 is 0 Å². The summed E-state index contributed by atoms with van der Waals surface area (Å²) < 4.78 is 53.8. The van der Waals surface area contributed by atoms with E-state index in [4.69, 9.17) is 9.47 Å². The van der Waals surface area contributed by atoms with Crippen molar-refractivity contribution in [1.82, 2.24) is 0 Å². The van der Waals surface area contributed by atoms with Gasteiger partial charge in [-0.3, -0.25) is 4.79 Å². The van der Waals surface area contributed by atoms with Crippen molar-refractivity contribution in [2.24, 2.45) is 0 Å². The maximum absolute atomic E-state index is 13.1. The number of unbranched alkanes of at least 4 members (excludes halogenated alkanes) is 2. The molecule has 0 aliphatic rings. The number of halogens is 3. The zero-order chi connectivity index (χ0) is 19.6. The number of carbonyl (C=O) groups is 2. The lowest BCUT2D eigenvalue weighted by atomic mass is 10.1. The topological polar surface area (TPSA) is 61.8 Å². The van der Waals surface area contributed by atoms with Crippen molar-refractivity contribution in [1.29, 1.82) is 0 Å². The first-order valence-corrected chi connectivity index (χ1v) is 8.38. The number of esters is 2. The fourth-order valence-electron chi connectivity index (χ4n) is 2.17. The van der Waals surface area contributed by atoms with Crippen LogP contribution in [0, 0.1) is 0 Å². The van der Waals surface area contributed by atoms with Crippen LogP contribution in [0.25, 0.3) is 0 Å². The fraction of sp³-hybridized carbons (Fsp3) is 0.556. The van der Waals surface area contributed by atoms with Crippen molar-refractivity contribution in [3.8, 4) is 5.75 Å². The third-order valence-corrected chi connectivity index (χ3v) is 3.43. The lowest BCUT2D eigenvalue weighted by Gasteiger charge is -2.20. The van der Waals surface area contributed by atoms with Crippen molar-refractivity contribution in [3.63, 3.8) is 0 Å². The van der Waals surface area contributed by atoms with Gasteiger partial charge in [0.15, 0.2) is 6.10 Å². The van der Waals surface area contributed by atoms with Crippen LogP contribution in [-0.2, 0) is 14.3 Å². The predicted molar refractivity (Wildman–Crippen MR) is 88.0 cm³/mol. The highest BCUT2D eigenvalue weighted by Gasteiger charge is 2.42. The molecule has 0 saturated carbocycles. The van der Waals surface area contributed by atoms with E-state index in [1.807, 2.05) is 6.92 Å². The van der Waals surface area contributed by atoms with Crippen LogP contribution in [0.15, 0.2) is 24.3 Å². The van der Waals surface area contributed by atoms with Crippen LogP contribution >= 0.6 is 0 Å². The number of hydrogen-bond donors (Lipinski definition) is 0. The first-order chi connectivity index (χ1) is 12.2. The summed E-state index contributed by atoms with van der Waals surface area (Å²) >= 11 is 0. The molecule has 0 heterocycles. The first kappa shape index (κ1) is 22.0. The van der Waals surface area contributed by atoms with Crippen molar-refractivity contribution in [2.75, 3.05) is 13.2 Å². The number of benzene rings is 1. The Kier molecular flexibility index (Phi) is 9.12. The van der Waals surface area contributed by atoms with Gasteiger partial charge in [0, 0.05) is 20.1 Å². The SMILES string of the molecule is CCOCCCCCC(OC(=O)c1ccc(OC(C)=O)cc1)C(F)(F)F. The minimum Gasteiger partial charge on any atom is -0.449 e. The smallest absolute Gasteiger partial charge is 0.425 e. The van der Waals surface area contributed by atoms with Crippen LogP contribution in [0.5, 0.6) is 5.75 Å². The molecule has 1 unspecified atom stereocenters. The Labute approximate surface area is 150 Å². The van der Waals surface area contributed by atoms with E-state index in [0.717, 1.165) is 0 Å². The molecule has 0 aliphatic carbocycles. The van der Waals surface area contributed by atoms with Crippen LogP contribution in [0.2, 0.25) is 0 Å². The Bertz CT molecular complexity index is 569. The quantitative estimate of drug-likeness (QED) is 0.346. The number of carbonyl (C=O) groups excluding carboxylic acids is 2. The Morgan fingerprint density at radius 3 is 2.27 bits per heavy atom. The molecule has 1 aromatic rings. The van der Waals surface area contributed by atoms with Gasteiger partial charge in [-0.1, -0.05) is 6.42 Å². The third-order valence-electron chi connectivity index (χ3n) is 3.43. The van der Waals surface area contributed by atoms with Crippen LogP contribution in [-0.4, -0.2) is 37.4 Å². The van der Waals surface area contributed by atoms with E-state index in [1.54, 1.807) is 0 Å². The molecule has 0 bridgehead atoms. The molecule has 0 N–H and O–H groups in total. The largest absolute Gasteiger partial charge is 0.449 e. The monoisotopic (exact) mass is 376 g/mol. The molecule has 0 aliphatic heterocycles. The predicted octanol–water partition coefficient (Wildman–Crippen LogP) is 4.30. The number of alkyl halides is 3. The van der Waals surface area contributed by atoms with E-state index in [1.165, 1.54) is 31.2 Å². The Morgan fingerprint density at radius 2 is 1.73 bits per heavy atom. The second-order valence-corrected chi connectivity index (χ2v) is 5.60. The molecule has 146 valence electrons. The van der Waals surface area contributed by atoms with Crippen LogP contribution < -0.4 is 4.74 Å². The van der Waals surface area contributed by atoms with Crippen LogP contribution in [0.1, 0.15) is 49.9 Å². The van der Waals surface area contributed by atoms with E-state index in [-0.39, 0.29) is 24.2 Å². The lowest BCUT2D eigenvalue weighted by Crippen LogP contribution is -2.33. The summed E-state index contributed by atoms with van der Waals surface area (Å²) in [6.45, 7) is 4.13. The highest BCUT2D eigenvalue weighted by Crippen LogP contribution is 2.28. The zero-order valence-corrected chi connectivity index (χ0v) is 14.8. The molecule has 0 saturated heterocycles. The lowest BCUT2D eigenvalue weighted by molar-refractivity contribution is -0.206. The molecular formula is C18H23F3O5. The Morgan fingerprint density at radius 1 is 1.08 bits per heavy atom. The summed E-state index contributed by atoms with van der Waals surface area (Å²) in [5.41, 5.74) is -0.0495. The van der Waals surface area contributed by atoms with Crippen molar-refractivity contribution in [2.45, 2.75) is 51.8 Å².